The van der Waals surface area contributed by atoms with Crippen LogP contribution in [-0.2, 0) is 6.42 Å². The molecule has 3 rings (SSSR count). The van der Waals surface area contributed by atoms with Gasteiger partial charge in [0, 0.05) is 21.3 Å². The molecule has 1 aliphatic heterocycles. The number of nitrogens with zero attached hydrogens (tertiary/aromatic N) is 2. The zero-order chi connectivity index (χ0) is 13.9. The maximum Gasteiger partial charge on any atom is 0.154 e. The molecule has 2 nitrogen and oxygen atoms in total. The van der Waals surface area contributed by atoms with Crippen LogP contribution in [0.1, 0.15) is 11.1 Å². The van der Waals surface area contributed by atoms with Crippen molar-refractivity contribution in [3.8, 4) is 0 Å². The summed E-state index contributed by atoms with van der Waals surface area (Å²) in [7, 11) is 0. The van der Waals surface area contributed by atoms with E-state index in [0.29, 0.717) is 0 Å². The van der Waals surface area contributed by atoms with Crippen molar-refractivity contribution >= 4 is 39.6 Å². The van der Waals surface area contributed by atoms with E-state index in [1.54, 1.807) is 0 Å². The van der Waals surface area contributed by atoms with Crippen molar-refractivity contribution in [3.63, 3.8) is 0 Å². The topological polar surface area (TPSA) is 24.7 Å². The summed E-state index contributed by atoms with van der Waals surface area (Å²) < 4.78 is 1.09. The Balaban J connectivity index is 1.73. The van der Waals surface area contributed by atoms with Gasteiger partial charge in [0.1, 0.15) is 0 Å². The molecule has 1 atom stereocenters. The molecule has 2 aromatic carbocycles. The standard InChI is InChI=1S/C16H12BrClN2/c17-13-5-1-11(2-6-13)9-15-10-19-16(20-15)12-3-7-14(18)8-4-12/h1-8,10,15H,9H2. The van der Waals surface area contributed by atoms with Crippen molar-refractivity contribution in [3.05, 3.63) is 69.2 Å². The molecule has 0 fully saturated rings. The third-order valence-electron chi connectivity index (χ3n) is 3.12. The summed E-state index contributed by atoms with van der Waals surface area (Å²) in [4.78, 5) is 9.05. The molecular weight excluding hydrogens is 336 g/mol. The Labute approximate surface area is 131 Å². The summed E-state index contributed by atoms with van der Waals surface area (Å²) in [6.45, 7) is 0. The molecule has 0 saturated carbocycles. The maximum atomic E-state index is 5.88. The Morgan fingerprint density at radius 3 is 2.40 bits per heavy atom. The van der Waals surface area contributed by atoms with Crippen molar-refractivity contribution in [2.45, 2.75) is 12.5 Å². The lowest BCUT2D eigenvalue weighted by molar-refractivity contribution is 0.879. The SMILES string of the molecule is Clc1ccc(C2=NC(Cc3ccc(Br)cc3)C=N2)cc1. The Morgan fingerprint density at radius 1 is 1.00 bits per heavy atom. The first-order chi connectivity index (χ1) is 9.70. The fourth-order valence-electron chi connectivity index (χ4n) is 2.09. The number of rotatable bonds is 3. The molecule has 20 heavy (non-hydrogen) atoms. The molecule has 0 spiro atoms. The van der Waals surface area contributed by atoms with Crippen molar-refractivity contribution in [2.24, 2.45) is 9.98 Å². The van der Waals surface area contributed by atoms with E-state index in [1.807, 2.05) is 42.6 Å². The highest BCUT2D eigenvalue weighted by atomic mass is 79.9. The third-order valence-corrected chi connectivity index (χ3v) is 3.90. The normalized spacial score (nSPS) is 17.3. The number of amidine groups is 1. The van der Waals surface area contributed by atoms with E-state index < -0.39 is 0 Å². The molecule has 0 N–H and O–H groups in total. The summed E-state index contributed by atoms with van der Waals surface area (Å²) in [6.07, 6.45) is 2.78. The average Bonchev–Trinajstić information content (AvgIpc) is 2.91. The minimum absolute atomic E-state index is 0.113. The van der Waals surface area contributed by atoms with Gasteiger partial charge < -0.3 is 0 Å². The number of halogens is 2. The Hall–Kier alpha value is -1.45. The predicted molar refractivity (Wildman–Crippen MR) is 88.1 cm³/mol. The van der Waals surface area contributed by atoms with Gasteiger partial charge in [-0.15, -0.1) is 0 Å². The molecule has 0 amide bonds. The lowest BCUT2D eigenvalue weighted by Gasteiger charge is -2.04. The van der Waals surface area contributed by atoms with Crippen LogP contribution in [0.5, 0.6) is 0 Å². The van der Waals surface area contributed by atoms with E-state index in [1.165, 1.54) is 5.56 Å². The quantitative estimate of drug-likeness (QED) is 0.778. The van der Waals surface area contributed by atoms with Crippen LogP contribution in [0.4, 0.5) is 0 Å². The van der Waals surface area contributed by atoms with Crippen molar-refractivity contribution in [1.82, 2.24) is 0 Å². The van der Waals surface area contributed by atoms with Crippen LogP contribution in [0.15, 0.2) is 63.0 Å². The summed E-state index contributed by atoms with van der Waals surface area (Å²) in [5, 5.41) is 0.725. The van der Waals surface area contributed by atoms with E-state index >= 15 is 0 Å². The van der Waals surface area contributed by atoms with Crippen LogP contribution in [0.2, 0.25) is 5.02 Å². The van der Waals surface area contributed by atoms with Gasteiger partial charge in [0.25, 0.3) is 0 Å². The first-order valence-corrected chi connectivity index (χ1v) is 7.50. The molecule has 0 saturated heterocycles. The van der Waals surface area contributed by atoms with E-state index in [4.69, 9.17) is 11.6 Å². The highest BCUT2D eigenvalue weighted by molar-refractivity contribution is 9.10. The van der Waals surface area contributed by atoms with Crippen LogP contribution < -0.4 is 0 Å². The lowest BCUT2D eigenvalue weighted by Crippen LogP contribution is -2.07. The van der Waals surface area contributed by atoms with Crippen LogP contribution in [0.25, 0.3) is 0 Å². The maximum absolute atomic E-state index is 5.88. The van der Waals surface area contributed by atoms with E-state index in [0.717, 1.165) is 27.3 Å². The molecule has 0 aliphatic carbocycles. The lowest BCUT2D eigenvalue weighted by atomic mass is 10.1. The van der Waals surface area contributed by atoms with Gasteiger partial charge in [0.15, 0.2) is 5.84 Å². The van der Waals surface area contributed by atoms with Gasteiger partial charge in [-0.25, -0.2) is 4.99 Å². The van der Waals surface area contributed by atoms with Crippen LogP contribution in [0, 0.1) is 0 Å². The van der Waals surface area contributed by atoms with Crippen molar-refractivity contribution < 1.29 is 0 Å². The number of aliphatic imine (C=N–C) groups is 2. The van der Waals surface area contributed by atoms with Crippen LogP contribution >= 0.6 is 27.5 Å². The molecule has 1 heterocycles. The summed E-state index contributed by atoms with van der Waals surface area (Å²) in [5.74, 6) is 0.781. The Morgan fingerprint density at radius 2 is 1.70 bits per heavy atom. The highest BCUT2D eigenvalue weighted by Crippen LogP contribution is 2.17. The second kappa shape index (κ2) is 5.90. The van der Waals surface area contributed by atoms with Gasteiger partial charge in [0.05, 0.1) is 6.04 Å². The zero-order valence-corrected chi connectivity index (χ0v) is 13.0. The Kier molecular flexibility index (Phi) is 3.99. The molecule has 1 aliphatic rings. The summed E-state index contributed by atoms with van der Waals surface area (Å²) >= 11 is 9.32. The zero-order valence-electron chi connectivity index (χ0n) is 10.6. The largest absolute Gasteiger partial charge is 0.257 e. The molecule has 4 heteroatoms. The van der Waals surface area contributed by atoms with E-state index in [9.17, 15) is 0 Å². The fourth-order valence-corrected chi connectivity index (χ4v) is 2.48. The average molecular weight is 348 g/mol. The van der Waals surface area contributed by atoms with Crippen molar-refractivity contribution in [1.29, 1.82) is 0 Å². The number of hydrogen-bond donors (Lipinski definition) is 0. The monoisotopic (exact) mass is 346 g/mol. The molecule has 100 valence electrons. The smallest absolute Gasteiger partial charge is 0.154 e. The fraction of sp³-hybridized carbons (Fsp3) is 0.125. The van der Waals surface area contributed by atoms with Gasteiger partial charge in [-0.05, 0) is 48.4 Å². The summed E-state index contributed by atoms with van der Waals surface area (Å²) in [6, 6.07) is 16.0. The molecular formula is C16H12BrClN2. The highest BCUT2D eigenvalue weighted by Gasteiger charge is 2.14. The third kappa shape index (κ3) is 3.17. The van der Waals surface area contributed by atoms with Gasteiger partial charge >= 0.3 is 0 Å². The summed E-state index contributed by atoms with van der Waals surface area (Å²) in [5.41, 5.74) is 2.26. The molecule has 0 bridgehead atoms. The van der Waals surface area contributed by atoms with Gasteiger partial charge in [-0.1, -0.05) is 39.7 Å². The van der Waals surface area contributed by atoms with Gasteiger partial charge in [0.2, 0.25) is 0 Å². The van der Waals surface area contributed by atoms with E-state index in [-0.39, 0.29) is 6.04 Å². The second-order valence-electron chi connectivity index (χ2n) is 4.64. The minimum Gasteiger partial charge on any atom is -0.257 e. The number of hydrogen-bond acceptors (Lipinski definition) is 2. The van der Waals surface area contributed by atoms with Crippen LogP contribution in [-0.4, -0.2) is 18.1 Å². The Bertz CT molecular complexity index is 660. The minimum atomic E-state index is 0.113. The van der Waals surface area contributed by atoms with E-state index in [2.05, 4.69) is 38.0 Å². The van der Waals surface area contributed by atoms with Crippen molar-refractivity contribution in [2.75, 3.05) is 0 Å². The molecule has 0 aromatic heterocycles. The molecule has 2 aromatic rings. The predicted octanol–water partition coefficient (Wildman–Crippen LogP) is 4.54. The van der Waals surface area contributed by atoms with Gasteiger partial charge in [-0.3, -0.25) is 4.99 Å². The first-order valence-electron chi connectivity index (χ1n) is 6.33. The number of benzene rings is 2. The molecule has 0 radical (unpaired) electrons. The van der Waals surface area contributed by atoms with Gasteiger partial charge in [-0.2, -0.15) is 0 Å². The first kappa shape index (κ1) is 13.5. The second-order valence-corrected chi connectivity index (χ2v) is 5.99. The van der Waals surface area contributed by atoms with Crippen LogP contribution in [0.3, 0.4) is 0 Å². The molecule has 1 unspecified atom stereocenters.